The predicted molar refractivity (Wildman–Crippen MR) is 63.3 cm³/mol. The van der Waals surface area contributed by atoms with Crippen LogP contribution < -0.4 is 5.32 Å². The lowest BCUT2D eigenvalue weighted by Crippen LogP contribution is -2.44. The smallest absolute Gasteiger partial charge is 0.344 e. The highest BCUT2D eigenvalue weighted by Crippen LogP contribution is 2.22. The Kier molecular flexibility index (Phi) is 5.62. The van der Waals surface area contributed by atoms with Crippen molar-refractivity contribution in [2.24, 2.45) is 0 Å². The minimum absolute atomic E-state index is 0.00540. The second-order valence-electron chi connectivity index (χ2n) is 4.68. The maximum Gasteiger partial charge on any atom is 0.389 e. The lowest BCUT2D eigenvalue weighted by molar-refractivity contribution is -0.136. The summed E-state index contributed by atoms with van der Waals surface area (Å²) in [4.78, 5) is 24.9. The summed E-state index contributed by atoms with van der Waals surface area (Å²) >= 11 is 0. The molecule has 1 fully saturated rings. The van der Waals surface area contributed by atoms with Gasteiger partial charge in [-0.05, 0) is 19.3 Å². The van der Waals surface area contributed by atoms with Crippen LogP contribution in [0.4, 0.5) is 13.2 Å². The van der Waals surface area contributed by atoms with Gasteiger partial charge in [0, 0.05) is 25.9 Å². The molecule has 0 aliphatic carbocycles. The van der Waals surface area contributed by atoms with Crippen molar-refractivity contribution in [2.45, 2.75) is 51.2 Å². The van der Waals surface area contributed by atoms with Crippen LogP contribution in [0.1, 0.15) is 39.0 Å². The van der Waals surface area contributed by atoms with Gasteiger partial charge in [0.1, 0.15) is 6.04 Å². The minimum atomic E-state index is -4.15. The first-order valence-electron chi connectivity index (χ1n) is 6.48. The topological polar surface area (TPSA) is 49.4 Å². The second-order valence-corrected chi connectivity index (χ2v) is 4.68. The molecule has 1 atom stereocenters. The van der Waals surface area contributed by atoms with E-state index in [4.69, 9.17) is 0 Å². The number of hydrogen-bond acceptors (Lipinski definition) is 2. The van der Waals surface area contributed by atoms with Crippen LogP contribution in [-0.2, 0) is 9.59 Å². The zero-order chi connectivity index (χ0) is 14.5. The van der Waals surface area contributed by atoms with Crippen molar-refractivity contribution < 1.29 is 22.8 Å². The number of carbonyl (C=O) groups is 2. The molecule has 1 aliphatic rings. The fourth-order valence-electron chi connectivity index (χ4n) is 2.02. The van der Waals surface area contributed by atoms with E-state index in [1.165, 1.54) is 4.90 Å². The molecular weight excluding hydrogens is 261 g/mol. The van der Waals surface area contributed by atoms with Crippen LogP contribution in [0.3, 0.4) is 0 Å². The zero-order valence-corrected chi connectivity index (χ0v) is 10.9. The van der Waals surface area contributed by atoms with E-state index in [-0.39, 0.29) is 37.7 Å². The van der Waals surface area contributed by atoms with Gasteiger partial charge in [-0.15, -0.1) is 0 Å². The summed E-state index contributed by atoms with van der Waals surface area (Å²) in [6.07, 6.45) is -3.97. The average molecular weight is 280 g/mol. The summed E-state index contributed by atoms with van der Waals surface area (Å²) in [5.41, 5.74) is 0. The number of nitrogens with one attached hydrogen (secondary N) is 1. The van der Waals surface area contributed by atoms with Crippen molar-refractivity contribution in [1.29, 1.82) is 0 Å². The molecule has 0 saturated carbocycles. The first kappa shape index (κ1) is 15.8. The molecule has 0 bridgehead atoms. The van der Waals surface area contributed by atoms with E-state index in [1.54, 1.807) is 6.92 Å². The van der Waals surface area contributed by atoms with Gasteiger partial charge >= 0.3 is 6.18 Å². The molecule has 19 heavy (non-hydrogen) atoms. The van der Waals surface area contributed by atoms with Gasteiger partial charge in [-0.3, -0.25) is 9.59 Å². The molecule has 1 heterocycles. The van der Waals surface area contributed by atoms with E-state index in [2.05, 4.69) is 5.32 Å². The summed E-state index contributed by atoms with van der Waals surface area (Å²) in [5, 5.41) is 2.61. The van der Waals surface area contributed by atoms with Crippen LogP contribution in [-0.4, -0.2) is 42.0 Å². The molecule has 1 saturated heterocycles. The van der Waals surface area contributed by atoms with Crippen molar-refractivity contribution in [1.82, 2.24) is 10.2 Å². The molecule has 1 rings (SSSR count). The van der Waals surface area contributed by atoms with Crippen molar-refractivity contribution in [2.75, 3.05) is 13.1 Å². The van der Waals surface area contributed by atoms with Gasteiger partial charge < -0.3 is 10.2 Å². The Labute approximate surface area is 110 Å². The average Bonchev–Trinajstić information content (AvgIpc) is 2.45. The Balaban J connectivity index is 2.43. The SMILES string of the molecule is CCC1NC(=O)CCN(CCCCC(F)(F)F)C1=O. The van der Waals surface area contributed by atoms with Gasteiger partial charge in [-0.1, -0.05) is 6.92 Å². The fourth-order valence-corrected chi connectivity index (χ4v) is 2.02. The number of halogens is 3. The van der Waals surface area contributed by atoms with Crippen LogP contribution in [0.15, 0.2) is 0 Å². The minimum Gasteiger partial charge on any atom is -0.344 e. The van der Waals surface area contributed by atoms with Gasteiger partial charge in [-0.2, -0.15) is 13.2 Å². The predicted octanol–water partition coefficient (Wildman–Crippen LogP) is 1.85. The highest BCUT2D eigenvalue weighted by molar-refractivity contribution is 5.89. The maximum atomic E-state index is 12.0. The van der Waals surface area contributed by atoms with Gasteiger partial charge in [0.25, 0.3) is 0 Å². The number of amides is 2. The number of carbonyl (C=O) groups excluding carboxylic acids is 2. The Morgan fingerprint density at radius 3 is 2.58 bits per heavy atom. The number of alkyl halides is 3. The quantitative estimate of drug-likeness (QED) is 0.781. The van der Waals surface area contributed by atoms with Crippen LogP contribution >= 0.6 is 0 Å². The maximum absolute atomic E-state index is 12.0. The van der Waals surface area contributed by atoms with Crippen molar-refractivity contribution in [3.05, 3.63) is 0 Å². The largest absolute Gasteiger partial charge is 0.389 e. The standard InChI is InChI=1S/C12H19F3N2O2/c1-2-9-11(19)17(8-5-10(18)16-9)7-4-3-6-12(13,14)15/h9H,2-8H2,1H3,(H,16,18). The first-order chi connectivity index (χ1) is 8.83. The lowest BCUT2D eigenvalue weighted by atomic mass is 10.2. The summed E-state index contributed by atoms with van der Waals surface area (Å²) in [6.45, 7) is 2.35. The molecule has 2 amide bonds. The number of hydrogen-bond donors (Lipinski definition) is 1. The third-order valence-corrected chi connectivity index (χ3v) is 3.10. The zero-order valence-electron chi connectivity index (χ0n) is 10.9. The molecule has 1 unspecified atom stereocenters. The second kappa shape index (κ2) is 6.77. The molecule has 0 radical (unpaired) electrons. The number of nitrogens with zero attached hydrogens (tertiary/aromatic N) is 1. The van der Waals surface area contributed by atoms with E-state index < -0.39 is 18.6 Å². The van der Waals surface area contributed by atoms with E-state index in [0.717, 1.165) is 0 Å². The van der Waals surface area contributed by atoms with E-state index in [9.17, 15) is 22.8 Å². The van der Waals surface area contributed by atoms with Gasteiger partial charge in [0.15, 0.2) is 0 Å². The molecule has 4 nitrogen and oxygen atoms in total. The Bertz CT molecular complexity index is 331. The van der Waals surface area contributed by atoms with E-state index in [0.29, 0.717) is 12.8 Å². The third kappa shape index (κ3) is 5.48. The van der Waals surface area contributed by atoms with Crippen molar-refractivity contribution in [3.8, 4) is 0 Å². The number of unbranched alkanes of at least 4 members (excludes halogenated alkanes) is 1. The van der Waals surface area contributed by atoms with Crippen molar-refractivity contribution >= 4 is 11.8 Å². The van der Waals surface area contributed by atoms with Crippen LogP contribution in [0.25, 0.3) is 0 Å². The highest BCUT2D eigenvalue weighted by atomic mass is 19.4. The summed E-state index contributed by atoms with van der Waals surface area (Å²) in [5.74, 6) is -0.377. The molecule has 7 heteroatoms. The molecule has 0 spiro atoms. The van der Waals surface area contributed by atoms with Crippen LogP contribution in [0, 0.1) is 0 Å². The van der Waals surface area contributed by atoms with Gasteiger partial charge in [0.05, 0.1) is 0 Å². The van der Waals surface area contributed by atoms with Gasteiger partial charge in [-0.25, -0.2) is 0 Å². The summed E-state index contributed by atoms with van der Waals surface area (Å²) in [6, 6.07) is -0.544. The normalized spacial score (nSPS) is 21.3. The lowest BCUT2D eigenvalue weighted by Gasteiger charge is -2.23. The van der Waals surface area contributed by atoms with Crippen LogP contribution in [0.5, 0.6) is 0 Å². The van der Waals surface area contributed by atoms with E-state index in [1.807, 2.05) is 0 Å². The third-order valence-electron chi connectivity index (χ3n) is 3.10. The Morgan fingerprint density at radius 1 is 1.32 bits per heavy atom. The number of rotatable bonds is 5. The first-order valence-corrected chi connectivity index (χ1v) is 6.48. The van der Waals surface area contributed by atoms with Crippen LogP contribution in [0.2, 0.25) is 0 Å². The molecule has 1 N–H and O–H groups in total. The molecule has 0 aromatic rings. The summed E-state index contributed by atoms with van der Waals surface area (Å²) < 4.78 is 36.0. The summed E-state index contributed by atoms with van der Waals surface area (Å²) in [7, 11) is 0. The monoisotopic (exact) mass is 280 g/mol. The highest BCUT2D eigenvalue weighted by Gasteiger charge is 2.29. The van der Waals surface area contributed by atoms with E-state index >= 15 is 0 Å². The molecule has 1 aliphatic heterocycles. The molecule has 0 aromatic carbocycles. The Morgan fingerprint density at radius 2 is 2.00 bits per heavy atom. The fraction of sp³-hybridized carbons (Fsp3) is 0.833. The van der Waals surface area contributed by atoms with Gasteiger partial charge in [0.2, 0.25) is 11.8 Å². The Hall–Kier alpha value is -1.27. The van der Waals surface area contributed by atoms with Crippen molar-refractivity contribution in [3.63, 3.8) is 0 Å². The molecule has 110 valence electrons. The molecule has 0 aromatic heterocycles. The molecular formula is C12H19F3N2O2.